The third-order valence-electron chi connectivity index (χ3n) is 9.13. The van der Waals surface area contributed by atoms with Crippen LogP contribution in [0.3, 0.4) is 0 Å². The van der Waals surface area contributed by atoms with E-state index in [0.29, 0.717) is 0 Å². The quantitative estimate of drug-likeness (QED) is 0.0746. The summed E-state index contributed by atoms with van der Waals surface area (Å²) in [5.41, 5.74) is -0.327. The van der Waals surface area contributed by atoms with Crippen LogP contribution in [0, 0.1) is 11.3 Å². The van der Waals surface area contributed by atoms with E-state index >= 15 is 0 Å². The van der Waals surface area contributed by atoms with E-state index in [0.717, 1.165) is 13.1 Å². The summed E-state index contributed by atoms with van der Waals surface area (Å²) in [6.07, 6.45) is 42.3. The minimum absolute atomic E-state index is 0.327. The van der Waals surface area contributed by atoms with Gasteiger partial charge in [-0.15, -0.1) is 0 Å². The van der Waals surface area contributed by atoms with Crippen molar-refractivity contribution in [3.8, 4) is 6.07 Å². The highest BCUT2D eigenvalue weighted by Crippen LogP contribution is 2.19. The van der Waals surface area contributed by atoms with Gasteiger partial charge in [0.05, 0.1) is 6.07 Å². The predicted molar refractivity (Wildman–Crippen MR) is 181 cm³/mol. The van der Waals surface area contributed by atoms with Crippen LogP contribution in [0.4, 0.5) is 0 Å². The molecule has 0 heterocycles. The Morgan fingerprint density at radius 2 is 0.575 bits per heavy atom. The molecule has 2 heteroatoms. The number of rotatable bonds is 33. The van der Waals surface area contributed by atoms with Gasteiger partial charge in [0.2, 0.25) is 0 Å². The molecule has 0 unspecified atom stereocenters. The minimum Gasteiger partial charge on any atom is -0.286 e. The minimum atomic E-state index is -0.327. The van der Waals surface area contributed by atoms with Gasteiger partial charge in [-0.05, 0) is 39.8 Å². The molecule has 0 aromatic heterocycles. The van der Waals surface area contributed by atoms with Gasteiger partial charge < -0.3 is 0 Å². The summed E-state index contributed by atoms with van der Waals surface area (Å²) in [6, 6.07) is 2.57. The van der Waals surface area contributed by atoms with Gasteiger partial charge in [-0.1, -0.05) is 194 Å². The summed E-state index contributed by atoms with van der Waals surface area (Å²) in [5.74, 6) is 0. The second-order valence-corrected chi connectivity index (χ2v) is 13.6. The highest BCUT2D eigenvalue weighted by atomic mass is 15.2. The number of unbranched alkanes of at least 4 members (excludes halogenated alkanes) is 28. The largest absolute Gasteiger partial charge is 0.286 e. The lowest BCUT2D eigenvalue weighted by molar-refractivity contribution is 0.160. The predicted octanol–water partition coefficient (Wildman–Crippen LogP) is 13.3. The zero-order valence-corrected chi connectivity index (χ0v) is 28.5. The fourth-order valence-electron chi connectivity index (χ4n) is 6.09. The van der Waals surface area contributed by atoms with Crippen molar-refractivity contribution in [2.24, 2.45) is 0 Å². The van der Waals surface area contributed by atoms with E-state index in [1.54, 1.807) is 0 Å². The highest BCUT2D eigenvalue weighted by Gasteiger charge is 2.25. The molecule has 0 aliphatic rings. The molecule has 40 heavy (non-hydrogen) atoms. The van der Waals surface area contributed by atoms with Crippen molar-refractivity contribution < 1.29 is 0 Å². The maximum atomic E-state index is 9.72. The SMILES string of the molecule is CCCCCCCCCCCCCCCCCN(CCCCCCCCCCCCCCCCC)C(C)(C)C#N. The van der Waals surface area contributed by atoms with Gasteiger partial charge >= 0.3 is 0 Å². The summed E-state index contributed by atoms with van der Waals surface area (Å²) in [5, 5.41) is 9.72. The number of nitrogens with zero attached hydrogens (tertiary/aromatic N) is 2. The zero-order chi connectivity index (χ0) is 29.4. The molecular formula is C38H76N2. The molecule has 0 N–H and O–H groups in total. The van der Waals surface area contributed by atoms with Crippen molar-refractivity contribution in [3.05, 3.63) is 0 Å². The summed E-state index contributed by atoms with van der Waals surface area (Å²) >= 11 is 0. The fraction of sp³-hybridized carbons (Fsp3) is 0.974. The van der Waals surface area contributed by atoms with E-state index in [9.17, 15) is 5.26 Å². The van der Waals surface area contributed by atoms with Crippen molar-refractivity contribution in [1.82, 2.24) is 4.90 Å². The summed E-state index contributed by atoms with van der Waals surface area (Å²) in [7, 11) is 0. The van der Waals surface area contributed by atoms with Gasteiger partial charge in [-0.25, -0.2) is 0 Å². The van der Waals surface area contributed by atoms with Gasteiger partial charge in [0.1, 0.15) is 5.54 Å². The third-order valence-corrected chi connectivity index (χ3v) is 9.13. The Labute approximate surface area is 254 Å². The molecule has 0 fully saturated rings. The van der Waals surface area contributed by atoms with Gasteiger partial charge in [-0.2, -0.15) is 5.26 Å². The van der Waals surface area contributed by atoms with Crippen LogP contribution in [0.5, 0.6) is 0 Å². The molecule has 0 radical (unpaired) electrons. The summed E-state index contributed by atoms with van der Waals surface area (Å²) in [4.78, 5) is 2.47. The lowest BCUT2D eigenvalue weighted by Gasteiger charge is -2.33. The Morgan fingerprint density at radius 1 is 0.375 bits per heavy atom. The first-order valence-electron chi connectivity index (χ1n) is 18.7. The summed E-state index contributed by atoms with van der Waals surface area (Å²) in [6.45, 7) is 11.0. The molecular weight excluding hydrogens is 484 g/mol. The van der Waals surface area contributed by atoms with E-state index in [-0.39, 0.29) is 5.54 Å². The maximum absolute atomic E-state index is 9.72. The molecule has 0 saturated carbocycles. The van der Waals surface area contributed by atoms with E-state index in [4.69, 9.17) is 0 Å². The van der Waals surface area contributed by atoms with E-state index in [1.807, 2.05) is 0 Å². The van der Waals surface area contributed by atoms with E-state index in [2.05, 4.69) is 38.7 Å². The Morgan fingerprint density at radius 3 is 0.775 bits per heavy atom. The Balaban J connectivity index is 3.63. The van der Waals surface area contributed by atoms with Gasteiger partial charge in [0, 0.05) is 0 Å². The van der Waals surface area contributed by atoms with Crippen molar-refractivity contribution in [2.75, 3.05) is 13.1 Å². The van der Waals surface area contributed by atoms with Crippen molar-refractivity contribution in [1.29, 1.82) is 5.26 Å². The standard InChI is InChI=1S/C38H76N2/c1-5-7-9-11-13-15-17-19-21-23-25-27-29-31-33-35-40(38(3,4)37-39)36-34-32-30-28-26-24-22-20-18-16-14-12-10-8-6-2/h5-36H2,1-4H3. The van der Waals surface area contributed by atoms with Gasteiger partial charge in [-0.3, -0.25) is 4.90 Å². The van der Waals surface area contributed by atoms with E-state index < -0.39 is 0 Å². The fourth-order valence-corrected chi connectivity index (χ4v) is 6.09. The lowest BCUT2D eigenvalue weighted by atomic mass is 10.0. The second kappa shape index (κ2) is 31.4. The Kier molecular flexibility index (Phi) is 31.0. The van der Waals surface area contributed by atoms with Crippen LogP contribution < -0.4 is 0 Å². The molecule has 0 aromatic carbocycles. The number of hydrogen-bond acceptors (Lipinski definition) is 2. The molecule has 0 saturated heterocycles. The van der Waals surface area contributed by atoms with Crippen LogP contribution in [0.15, 0.2) is 0 Å². The van der Waals surface area contributed by atoms with Crippen LogP contribution in [-0.4, -0.2) is 23.5 Å². The molecule has 0 rings (SSSR count). The average molecular weight is 561 g/mol. The van der Waals surface area contributed by atoms with E-state index in [1.165, 1.54) is 193 Å². The Bertz CT molecular complexity index is 486. The first-order valence-corrected chi connectivity index (χ1v) is 18.7. The maximum Gasteiger partial charge on any atom is 0.103 e. The number of hydrogen-bond donors (Lipinski definition) is 0. The van der Waals surface area contributed by atoms with Crippen molar-refractivity contribution in [3.63, 3.8) is 0 Å². The zero-order valence-electron chi connectivity index (χ0n) is 28.5. The molecule has 0 aliphatic carbocycles. The molecule has 0 aliphatic heterocycles. The van der Waals surface area contributed by atoms with Crippen LogP contribution in [-0.2, 0) is 0 Å². The van der Waals surface area contributed by atoms with Crippen LogP contribution >= 0.6 is 0 Å². The third kappa shape index (κ3) is 27.6. The average Bonchev–Trinajstić information content (AvgIpc) is 2.95. The molecule has 0 spiro atoms. The molecule has 2 nitrogen and oxygen atoms in total. The first kappa shape index (κ1) is 39.5. The monoisotopic (exact) mass is 561 g/mol. The van der Waals surface area contributed by atoms with Crippen LogP contribution in [0.2, 0.25) is 0 Å². The van der Waals surface area contributed by atoms with Crippen molar-refractivity contribution >= 4 is 0 Å². The first-order chi connectivity index (χ1) is 19.6. The molecule has 0 aromatic rings. The van der Waals surface area contributed by atoms with Crippen LogP contribution in [0.25, 0.3) is 0 Å². The Hall–Kier alpha value is -0.550. The number of nitriles is 1. The molecule has 0 atom stereocenters. The van der Waals surface area contributed by atoms with Gasteiger partial charge in [0.15, 0.2) is 0 Å². The van der Waals surface area contributed by atoms with Crippen LogP contribution in [0.1, 0.15) is 220 Å². The smallest absolute Gasteiger partial charge is 0.103 e. The molecule has 0 bridgehead atoms. The highest BCUT2D eigenvalue weighted by molar-refractivity contribution is 5.01. The molecule has 0 amide bonds. The second-order valence-electron chi connectivity index (χ2n) is 13.6. The lowest BCUT2D eigenvalue weighted by Crippen LogP contribution is -2.43. The summed E-state index contributed by atoms with van der Waals surface area (Å²) < 4.78 is 0. The topological polar surface area (TPSA) is 27.0 Å². The van der Waals surface area contributed by atoms with Crippen molar-refractivity contribution in [2.45, 2.75) is 226 Å². The molecule has 238 valence electrons. The normalized spacial score (nSPS) is 11.9. The van der Waals surface area contributed by atoms with Gasteiger partial charge in [0.25, 0.3) is 0 Å².